The first kappa shape index (κ1) is 16.8. The Morgan fingerprint density at radius 2 is 1.96 bits per heavy atom. The number of benzene rings is 1. The zero-order chi connectivity index (χ0) is 17.9. The van der Waals surface area contributed by atoms with Gasteiger partial charge in [0.1, 0.15) is 11.9 Å². The van der Waals surface area contributed by atoms with Crippen LogP contribution in [0.25, 0.3) is 11.3 Å². The van der Waals surface area contributed by atoms with Crippen molar-refractivity contribution in [2.45, 2.75) is 12.5 Å². The first-order valence-corrected chi connectivity index (χ1v) is 8.72. The normalized spacial score (nSPS) is 17.5. The van der Waals surface area contributed by atoms with Crippen LogP contribution in [0, 0.1) is 0 Å². The minimum Gasteiger partial charge on any atom is -0.366 e. The van der Waals surface area contributed by atoms with E-state index in [1.54, 1.807) is 17.3 Å². The van der Waals surface area contributed by atoms with Crippen LogP contribution < -0.4 is 4.90 Å². The summed E-state index contributed by atoms with van der Waals surface area (Å²) < 4.78 is 5.70. The topological polar surface area (TPSA) is 71.1 Å². The van der Waals surface area contributed by atoms with Crippen LogP contribution in [0.3, 0.4) is 0 Å². The molecule has 0 bridgehead atoms. The monoisotopic (exact) mass is 368 g/mol. The molecule has 1 atom stereocenters. The Morgan fingerprint density at radius 1 is 1.19 bits per heavy atom. The molecule has 4 rings (SSSR count). The van der Waals surface area contributed by atoms with Crippen molar-refractivity contribution in [1.82, 2.24) is 15.2 Å². The van der Waals surface area contributed by atoms with E-state index in [9.17, 15) is 4.79 Å². The second kappa shape index (κ2) is 7.27. The molecule has 0 saturated carbocycles. The van der Waals surface area contributed by atoms with E-state index in [2.05, 4.69) is 15.2 Å². The van der Waals surface area contributed by atoms with Crippen molar-refractivity contribution < 1.29 is 9.53 Å². The fraction of sp³-hybridized carbons (Fsp3) is 0.211. The van der Waals surface area contributed by atoms with Crippen LogP contribution in [0.1, 0.15) is 5.56 Å². The number of H-pyrrole nitrogens is 1. The van der Waals surface area contributed by atoms with Crippen molar-refractivity contribution in [3.8, 4) is 11.3 Å². The Hall–Kier alpha value is -2.70. The number of aromatic nitrogens is 3. The van der Waals surface area contributed by atoms with Crippen LogP contribution >= 0.6 is 11.6 Å². The Labute approximate surface area is 155 Å². The number of amides is 1. The minimum atomic E-state index is -0.516. The lowest BCUT2D eigenvalue weighted by molar-refractivity contribution is -0.133. The zero-order valence-electron chi connectivity index (χ0n) is 13.9. The third kappa shape index (κ3) is 3.47. The Kier molecular flexibility index (Phi) is 4.69. The fourth-order valence-electron chi connectivity index (χ4n) is 2.98. The van der Waals surface area contributed by atoms with Gasteiger partial charge in [0.15, 0.2) is 0 Å². The molecule has 3 aromatic rings. The number of carbonyl (C=O) groups is 1. The predicted octanol–water partition coefficient (Wildman–Crippen LogP) is 3.10. The van der Waals surface area contributed by atoms with E-state index >= 15 is 0 Å². The molecule has 2 aromatic heterocycles. The summed E-state index contributed by atoms with van der Waals surface area (Å²) in [7, 11) is 0. The number of halogens is 1. The van der Waals surface area contributed by atoms with Gasteiger partial charge in [0, 0.05) is 35.5 Å². The van der Waals surface area contributed by atoms with Crippen LogP contribution in [0.5, 0.6) is 0 Å². The molecule has 1 unspecified atom stereocenters. The van der Waals surface area contributed by atoms with Crippen LogP contribution in [0.2, 0.25) is 5.02 Å². The molecular formula is C19H17ClN4O2. The SMILES string of the molecule is O=C1C(Cc2ccc(Cl)cc2)OCCN1c1cc(-c2ccncc2)n[nH]1. The lowest BCUT2D eigenvalue weighted by Gasteiger charge is -2.31. The molecule has 1 fully saturated rings. The minimum absolute atomic E-state index is 0.0730. The molecule has 1 amide bonds. The number of rotatable bonds is 4. The van der Waals surface area contributed by atoms with Gasteiger partial charge in [-0.05, 0) is 29.8 Å². The zero-order valence-corrected chi connectivity index (χ0v) is 14.7. The average Bonchev–Trinajstić information content (AvgIpc) is 3.16. The average molecular weight is 369 g/mol. The van der Waals surface area contributed by atoms with E-state index in [1.165, 1.54) is 0 Å². The molecule has 1 N–H and O–H groups in total. The van der Waals surface area contributed by atoms with Gasteiger partial charge in [-0.25, -0.2) is 0 Å². The van der Waals surface area contributed by atoms with Crippen LogP contribution in [-0.4, -0.2) is 40.3 Å². The van der Waals surface area contributed by atoms with Gasteiger partial charge in [-0.2, -0.15) is 5.10 Å². The van der Waals surface area contributed by atoms with E-state index in [0.29, 0.717) is 30.4 Å². The number of hydrogen-bond donors (Lipinski definition) is 1. The number of nitrogens with zero attached hydrogens (tertiary/aromatic N) is 3. The molecule has 0 spiro atoms. The van der Waals surface area contributed by atoms with E-state index in [1.807, 2.05) is 42.5 Å². The van der Waals surface area contributed by atoms with Crippen molar-refractivity contribution in [2.75, 3.05) is 18.1 Å². The summed E-state index contributed by atoms with van der Waals surface area (Å²) >= 11 is 5.92. The third-order valence-electron chi connectivity index (χ3n) is 4.34. The van der Waals surface area contributed by atoms with Crippen molar-refractivity contribution in [3.63, 3.8) is 0 Å². The Bertz CT molecular complexity index is 895. The molecule has 0 aliphatic carbocycles. The number of hydrogen-bond acceptors (Lipinski definition) is 4. The molecule has 132 valence electrons. The van der Waals surface area contributed by atoms with Crippen LogP contribution in [-0.2, 0) is 16.0 Å². The van der Waals surface area contributed by atoms with Gasteiger partial charge in [0.2, 0.25) is 0 Å². The molecule has 1 saturated heterocycles. The Balaban J connectivity index is 1.51. The molecule has 1 aliphatic heterocycles. The summed E-state index contributed by atoms with van der Waals surface area (Å²) in [6.45, 7) is 0.974. The van der Waals surface area contributed by atoms with E-state index in [0.717, 1.165) is 16.8 Å². The maximum absolute atomic E-state index is 12.9. The molecule has 7 heteroatoms. The highest BCUT2D eigenvalue weighted by atomic mass is 35.5. The number of aromatic amines is 1. The first-order valence-electron chi connectivity index (χ1n) is 8.34. The second-order valence-electron chi connectivity index (χ2n) is 6.05. The molecule has 6 nitrogen and oxygen atoms in total. The van der Waals surface area contributed by atoms with Gasteiger partial charge in [0.25, 0.3) is 5.91 Å². The number of nitrogens with one attached hydrogen (secondary N) is 1. The van der Waals surface area contributed by atoms with Crippen molar-refractivity contribution >= 4 is 23.3 Å². The number of anilines is 1. The van der Waals surface area contributed by atoms with Crippen LogP contribution in [0.15, 0.2) is 54.9 Å². The molecular weight excluding hydrogens is 352 g/mol. The third-order valence-corrected chi connectivity index (χ3v) is 4.59. The van der Waals surface area contributed by atoms with Gasteiger partial charge in [-0.1, -0.05) is 23.7 Å². The highest BCUT2D eigenvalue weighted by Crippen LogP contribution is 2.24. The summed E-state index contributed by atoms with van der Waals surface area (Å²) in [5.41, 5.74) is 2.73. The smallest absolute Gasteiger partial charge is 0.257 e. The van der Waals surface area contributed by atoms with Crippen molar-refractivity contribution in [2.24, 2.45) is 0 Å². The van der Waals surface area contributed by atoms with E-state index < -0.39 is 6.10 Å². The lowest BCUT2D eigenvalue weighted by atomic mass is 10.1. The maximum atomic E-state index is 12.9. The summed E-state index contributed by atoms with van der Waals surface area (Å²) in [6, 6.07) is 13.1. The molecule has 26 heavy (non-hydrogen) atoms. The number of morpholine rings is 1. The van der Waals surface area contributed by atoms with Gasteiger partial charge in [0.05, 0.1) is 18.8 Å². The lowest BCUT2D eigenvalue weighted by Crippen LogP contribution is -2.49. The van der Waals surface area contributed by atoms with E-state index in [-0.39, 0.29) is 5.91 Å². The predicted molar refractivity (Wildman–Crippen MR) is 99.1 cm³/mol. The summed E-state index contributed by atoms with van der Waals surface area (Å²) in [6.07, 6.45) is 3.42. The summed E-state index contributed by atoms with van der Waals surface area (Å²) in [5, 5.41) is 7.94. The second-order valence-corrected chi connectivity index (χ2v) is 6.49. The highest BCUT2D eigenvalue weighted by molar-refractivity contribution is 6.30. The standard InChI is InChI=1S/C19H17ClN4O2/c20-15-3-1-13(2-4-15)11-17-19(25)24(9-10-26-17)18-12-16(22-23-18)14-5-7-21-8-6-14/h1-8,12,17H,9-11H2,(H,22,23). The fourth-order valence-corrected chi connectivity index (χ4v) is 3.11. The number of pyridine rings is 1. The van der Waals surface area contributed by atoms with Gasteiger partial charge in [-0.15, -0.1) is 0 Å². The quantitative estimate of drug-likeness (QED) is 0.768. The summed E-state index contributed by atoms with van der Waals surface area (Å²) in [4.78, 5) is 18.6. The molecule has 0 radical (unpaired) electrons. The molecule has 1 aliphatic rings. The largest absolute Gasteiger partial charge is 0.366 e. The molecule has 1 aromatic carbocycles. The van der Waals surface area contributed by atoms with E-state index in [4.69, 9.17) is 16.3 Å². The maximum Gasteiger partial charge on any atom is 0.257 e. The van der Waals surface area contributed by atoms with Gasteiger partial charge in [-0.3, -0.25) is 19.8 Å². The van der Waals surface area contributed by atoms with Gasteiger partial charge < -0.3 is 4.74 Å². The van der Waals surface area contributed by atoms with Gasteiger partial charge >= 0.3 is 0 Å². The number of carbonyl (C=O) groups excluding carboxylic acids is 1. The molecule has 3 heterocycles. The highest BCUT2D eigenvalue weighted by Gasteiger charge is 2.31. The number of ether oxygens (including phenoxy) is 1. The van der Waals surface area contributed by atoms with Crippen LogP contribution in [0.4, 0.5) is 5.82 Å². The van der Waals surface area contributed by atoms with Crippen molar-refractivity contribution in [3.05, 3.63) is 65.4 Å². The summed E-state index contributed by atoms with van der Waals surface area (Å²) in [5.74, 6) is 0.599. The Morgan fingerprint density at radius 3 is 2.73 bits per heavy atom. The van der Waals surface area contributed by atoms with Crippen molar-refractivity contribution in [1.29, 1.82) is 0 Å². The first-order chi connectivity index (χ1) is 12.7.